The molecule has 1 unspecified atom stereocenters. The number of aryl methyl sites for hydroxylation is 1. The van der Waals surface area contributed by atoms with Crippen LogP contribution in [0.2, 0.25) is 0 Å². The van der Waals surface area contributed by atoms with E-state index in [2.05, 4.69) is 19.2 Å². The second-order valence-electron chi connectivity index (χ2n) is 5.80. The number of hydrogen-bond donors (Lipinski definition) is 2. The van der Waals surface area contributed by atoms with Crippen LogP contribution in [0.1, 0.15) is 38.3 Å². The summed E-state index contributed by atoms with van der Waals surface area (Å²) in [6.07, 6.45) is 0.701. The highest BCUT2D eigenvalue weighted by atomic mass is 16.5. The Labute approximate surface area is 117 Å². The molecule has 3 heteroatoms. The third kappa shape index (κ3) is 4.84. The van der Waals surface area contributed by atoms with Crippen molar-refractivity contribution in [2.75, 3.05) is 20.2 Å². The molecule has 0 amide bonds. The van der Waals surface area contributed by atoms with Crippen LogP contribution in [0.25, 0.3) is 0 Å². The highest BCUT2D eigenvalue weighted by Crippen LogP contribution is 2.29. The van der Waals surface area contributed by atoms with Crippen molar-refractivity contribution in [3.05, 3.63) is 29.3 Å². The Balaban J connectivity index is 2.66. The number of benzene rings is 1. The zero-order chi connectivity index (χ0) is 14.5. The number of nitrogens with one attached hydrogen (secondary N) is 1. The van der Waals surface area contributed by atoms with Gasteiger partial charge in [0.05, 0.1) is 12.7 Å². The SMILES string of the molecule is COc1ccc(C(C)(O)CCNCC(C)C)c(C)c1. The molecule has 0 aromatic heterocycles. The lowest BCUT2D eigenvalue weighted by Crippen LogP contribution is -2.30. The maximum atomic E-state index is 10.6. The topological polar surface area (TPSA) is 41.5 Å². The van der Waals surface area contributed by atoms with Crippen molar-refractivity contribution in [1.82, 2.24) is 5.32 Å². The molecule has 0 aliphatic carbocycles. The van der Waals surface area contributed by atoms with Gasteiger partial charge >= 0.3 is 0 Å². The maximum Gasteiger partial charge on any atom is 0.119 e. The van der Waals surface area contributed by atoms with Crippen molar-refractivity contribution >= 4 is 0 Å². The molecule has 0 aliphatic rings. The fourth-order valence-electron chi connectivity index (χ4n) is 2.22. The van der Waals surface area contributed by atoms with Crippen molar-refractivity contribution in [3.63, 3.8) is 0 Å². The van der Waals surface area contributed by atoms with Gasteiger partial charge in [-0.2, -0.15) is 0 Å². The molecule has 19 heavy (non-hydrogen) atoms. The lowest BCUT2D eigenvalue weighted by Gasteiger charge is -2.26. The third-order valence-corrected chi connectivity index (χ3v) is 3.35. The van der Waals surface area contributed by atoms with Crippen LogP contribution in [0.5, 0.6) is 5.75 Å². The minimum atomic E-state index is -0.805. The summed E-state index contributed by atoms with van der Waals surface area (Å²) >= 11 is 0. The Morgan fingerprint density at radius 2 is 2.05 bits per heavy atom. The molecule has 3 nitrogen and oxygen atoms in total. The predicted octanol–water partition coefficient (Wildman–Crippen LogP) is 2.85. The lowest BCUT2D eigenvalue weighted by atomic mass is 9.89. The minimum absolute atomic E-state index is 0.632. The summed E-state index contributed by atoms with van der Waals surface area (Å²) in [6, 6.07) is 5.82. The largest absolute Gasteiger partial charge is 0.497 e. The normalized spacial score (nSPS) is 14.5. The molecule has 0 fully saturated rings. The molecule has 0 saturated carbocycles. The van der Waals surface area contributed by atoms with Gasteiger partial charge < -0.3 is 15.2 Å². The summed E-state index contributed by atoms with van der Waals surface area (Å²) in [5.74, 6) is 1.46. The van der Waals surface area contributed by atoms with Crippen molar-refractivity contribution in [2.45, 2.75) is 39.7 Å². The molecule has 108 valence electrons. The van der Waals surface area contributed by atoms with Gasteiger partial charge in [0, 0.05) is 0 Å². The Hall–Kier alpha value is -1.06. The highest BCUT2D eigenvalue weighted by Gasteiger charge is 2.24. The zero-order valence-corrected chi connectivity index (χ0v) is 12.8. The predicted molar refractivity (Wildman–Crippen MR) is 79.6 cm³/mol. The van der Waals surface area contributed by atoms with E-state index in [0.717, 1.165) is 30.0 Å². The van der Waals surface area contributed by atoms with Gasteiger partial charge in [0.15, 0.2) is 0 Å². The van der Waals surface area contributed by atoms with Crippen molar-refractivity contribution < 1.29 is 9.84 Å². The highest BCUT2D eigenvalue weighted by molar-refractivity contribution is 5.37. The maximum absolute atomic E-state index is 10.6. The van der Waals surface area contributed by atoms with E-state index in [-0.39, 0.29) is 0 Å². The molecule has 0 aliphatic heterocycles. The van der Waals surface area contributed by atoms with Crippen LogP contribution in [0.4, 0.5) is 0 Å². The first-order valence-electron chi connectivity index (χ1n) is 6.95. The van der Waals surface area contributed by atoms with Crippen LogP contribution in [-0.2, 0) is 5.60 Å². The van der Waals surface area contributed by atoms with Gasteiger partial charge in [-0.1, -0.05) is 19.9 Å². The number of rotatable bonds is 7. The van der Waals surface area contributed by atoms with Crippen LogP contribution < -0.4 is 10.1 Å². The van der Waals surface area contributed by atoms with Crippen LogP contribution >= 0.6 is 0 Å². The van der Waals surface area contributed by atoms with Gasteiger partial charge in [-0.05, 0) is 62.5 Å². The van der Waals surface area contributed by atoms with Gasteiger partial charge in [-0.25, -0.2) is 0 Å². The first kappa shape index (κ1) is 16.0. The molecular formula is C16H27NO2. The second-order valence-corrected chi connectivity index (χ2v) is 5.80. The van der Waals surface area contributed by atoms with Gasteiger partial charge in [-0.3, -0.25) is 0 Å². The molecule has 2 N–H and O–H groups in total. The van der Waals surface area contributed by atoms with E-state index in [0.29, 0.717) is 12.3 Å². The molecule has 0 radical (unpaired) electrons. The number of methoxy groups -OCH3 is 1. The average Bonchev–Trinajstić information content (AvgIpc) is 2.34. The average molecular weight is 265 g/mol. The fraction of sp³-hybridized carbons (Fsp3) is 0.625. The molecule has 0 saturated heterocycles. The van der Waals surface area contributed by atoms with E-state index in [1.807, 2.05) is 32.0 Å². The summed E-state index contributed by atoms with van der Waals surface area (Å²) < 4.78 is 5.19. The van der Waals surface area contributed by atoms with Crippen LogP contribution in [0.15, 0.2) is 18.2 Å². The second kappa shape index (κ2) is 6.92. The van der Waals surface area contributed by atoms with Gasteiger partial charge in [0.2, 0.25) is 0 Å². The van der Waals surface area contributed by atoms with E-state index >= 15 is 0 Å². The Kier molecular flexibility index (Phi) is 5.83. The van der Waals surface area contributed by atoms with Crippen LogP contribution in [-0.4, -0.2) is 25.3 Å². The van der Waals surface area contributed by atoms with Gasteiger partial charge in [0.25, 0.3) is 0 Å². The van der Waals surface area contributed by atoms with E-state index < -0.39 is 5.60 Å². The summed E-state index contributed by atoms with van der Waals surface area (Å²) in [7, 11) is 1.66. The van der Waals surface area contributed by atoms with E-state index in [4.69, 9.17) is 4.74 Å². The molecule has 1 atom stereocenters. The number of ether oxygens (including phenoxy) is 1. The molecule has 1 aromatic rings. The summed E-state index contributed by atoms with van der Waals surface area (Å²) in [6.45, 7) is 10.0. The lowest BCUT2D eigenvalue weighted by molar-refractivity contribution is 0.0472. The van der Waals surface area contributed by atoms with E-state index in [9.17, 15) is 5.11 Å². The third-order valence-electron chi connectivity index (χ3n) is 3.35. The Bertz CT molecular complexity index is 400. The quantitative estimate of drug-likeness (QED) is 0.745. The van der Waals surface area contributed by atoms with Crippen molar-refractivity contribution in [1.29, 1.82) is 0 Å². The van der Waals surface area contributed by atoms with Gasteiger partial charge in [0.1, 0.15) is 5.75 Å². The molecule has 0 heterocycles. The van der Waals surface area contributed by atoms with Gasteiger partial charge in [-0.15, -0.1) is 0 Å². The first-order chi connectivity index (χ1) is 8.86. The standard InChI is InChI=1S/C16H27NO2/c1-12(2)11-17-9-8-16(4,18)15-7-6-14(19-5)10-13(15)3/h6-7,10,12,17-18H,8-9,11H2,1-5H3. The van der Waals surface area contributed by atoms with Crippen LogP contribution in [0, 0.1) is 12.8 Å². The summed E-state index contributed by atoms with van der Waals surface area (Å²) in [5.41, 5.74) is 1.23. The number of aliphatic hydroxyl groups is 1. The Morgan fingerprint density at radius 1 is 1.37 bits per heavy atom. The fourth-order valence-corrected chi connectivity index (χ4v) is 2.22. The summed E-state index contributed by atoms with van der Waals surface area (Å²) in [4.78, 5) is 0. The smallest absolute Gasteiger partial charge is 0.119 e. The zero-order valence-electron chi connectivity index (χ0n) is 12.8. The first-order valence-corrected chi connectivity index (χ1v) is 6.95. The summed E-state index contributed by atoms with van der Waals surface area (Å²) in [5, 5.41) is 14.0. The molecule has 1 aromatic carbocycles. The monoisotopic (exact) mass is 265 g/mol. The minimum Gasteiger partial charge on any atom is -0.497 e. The van der Waals surface area contributed by atoms with Crippen molar-refractivity contribution in [2.24, 2.45) is 5.92 Å². The van der Waals surface area contributed by atoms with Crippen LogP contribution in [0.3, 0.4) is 0 Å². The molecular weight excluding hydrogens is 238 g/mol. The molecule has 0 bridgehead atoms. The molecule has 0 spiro atoms. The number of hydrogen-bond acceptors (Lipinski definition) is 3. The Morgan fingerprint density at radius 3 is 2.58 bits per heavy atom. The molecule has 1 rings (SSSR count). The van der Waals surface area contributed by atoms with E-state index in [1.54, 1.807) is 7.11 Å². The van der Waals surface area contributed by atoms with Crippen molar-refractivity contribution in [3.8, 4) is 5.75 Å². The van der Waals surface area contributed by atoms with E-state index in [1.165, 1.54) is 0 Å².